The van der Waals surface area contributed by atoms with Gasteiger partial charge in [0, 0.05) is 5.33 Å². The van der Waals surface area contributed by atoms with E-state index >= 15 is 0 Å². The molecule has 43 valence electrons. The van der Waals surface area contributed by atoms with Crippen LogP contribution in [0.4, 0.5) is 0 Å². The molecule has 0 N–H and O–H groups in total. The van der Waals surface area contributed by atoms with Crippen LogP contribution in [0.25, 0.3) is 0 Å². The molecule has 7 heavy (non-hydrogen) atoms. The van der Waals surface area contributed by atoms with Crippen LogP contribution in [0.1, 0.15) is 0 Å². The smallest absolute Gasteiger partial charge is 0.197 e. The van der Waals surface area contributed by atoms with E-state index in [-0.39, 0.29) is 11.1 Å². The van der Waals surface area contributed by atoms with Gasteiger partial charge in [-0.15, -0.1) is 0 Å². The molecule has 0 fully saturated rings. The van der Waals surface area contributed by atoms with Crippen LogP contribution in [0.5, 0.6) is 0 Å². The van der Waals surface area contributed by atoms with Crippen LogP contribution in [0, 0.1) is 0 Å². The van der Waals surface area contributed by atoms with Crippen molar-refractivity contribution in [1.82, 2.24) is 0 Å². The second-order valence-corrected chi connectivity index (χ2v) is 3.27. The molecule has 0 rings (SSSR count). The van der Waals surface area contributed by atoms with E-state index in [1.165, 1.54) is 0 Å². The molecule has 5 heteroatoms. The fraction of sp³-hybridized carbons (Fsp3) is 1.00. The first-order valence-electron chi connectivity index (χ1n) is 1.56. The molecule has 0 atom stereocenters. The van der Waals surface area contributed by atoms with Gasteiger partial charge in [-0.25, -0.2) is 0 Å². The average Bonchev–Trinajstić information content (AvgIpc) is 1.30. The number of hydrogen-bond donors (Lipinski definition) is 0. The molecule has 0 unspecified atom stereocenters. The molecule has 3 nitrogen and oxygen atoms in total. The van der Waals surface area contributed by atoms with Crippen molar-refractivity contribution >= 4 is 26.0 Å². The maximum absolute atomic E-state index is 9.65. The number of halogens is 1. The van der Waals surface area contributed by atoms with Crippen molar-refractivity contribution in [3.63, 3.8) is 0 Å². The molecule has 1 radical (unpaired) electrons. The molecule has 0 bridgehead atoms. The van der Waals surface area contributed by atoms with Crippen LogP contribution in [0.15, 0.2) is 0 Å². The van der Waals surface area contributed by atoms with Crippen LogP contribution in [0.2, 0.25) is 0 Å². The Morgan fingerprint density at radius 1 is 1.43 bits per heavy atom. The summed E-state index contributed by atoms with van der Waals surface area (Å²) in [6.07, 6.45) is 0. The molecule has 0 aliphatic rings. The normalized spacial score (nSPS) is 11.7. The number of alkyl halides is 1. The largest absolute Gasteiger partial charge is 0.295 e. The summed E-state index contributed by atoms with van der Waals surface area (Å²) < 4.78 is 28.9. The van der Waals surface area contributed by atoms with Gasteiger partial charge < -0.3 is 0 Å². The molecule has 0 saturated carbocycles. The third kappa shape index (κ3) is 6.39. The molecule has 0 aromatic rings. The molecule has 0 aliphatic carbocycles. The van der Waals surface area contributed by atoms with Crippen molar-refractivity contribution in [3.05, 3.63) is 0 Å². The lowest BCUT2D eigenvalue weighted by Gasteiger charge is -1.81. The predicted octanol–water partition coefficient (Wildman–Crippen LogP) is 0.142. The van der Waals surface area contributed by atoms with Gasteiger partial charge in [0.2, 0.25) is 0 Å². The highest BCUT2D eigenvalue weighted by atomic mass is 79.9. The molecule has 0 aliphatic heterocycles. The maximum atomic E-state index is 9.65. The van der Waals surface area contributed by atoms with Gasteiger partial charge in [0.1, 0.15) is 0 Å². The first-order chi connectivity index (χ1) is 3.06. The zero-order valence-corrected chi connectivity index (χ0v) is 5.83. The Labute approximate surface area is 50.6 Å². The molecular weight excluding hydrogens is 184 g/mol. The van der Waals surface area contributed by atoms with Crippen molar-refractivity contribution in [2.24, 2.45) is 0 Å². The van der Waals surface area contributed by atoms with Gasteiger partial charge in [0.05, 0.1) is 5.75 Å². The highest BCUT2D eigenvalue weighted by Crippen LogP contribution is 1.86. The number of hydrogen-bond acceptors (Lipinski definition) is 2. The fourth-order valence-corrected chi connectivity index (χ4v) is 1.47. The van der Waals surface area contributed by atoms with Gasteiger partial charge >= 0.3 is 0 Å². The Balaban J connectivity index is 3.60. The molecule has 0 amide bonds. The Morgan fingerprint density at radius 2 is 1.86 bits per heavy atom. The van der Waals surface area contributed by atoms with Gasteiger partial charge in [-0.2, -0.15) is 8.42 Å². The van der Waals surface area contributed by atoms with Gasteiger partial charge in [-0.05, 0) is 0 Å². The van der Waals surface area contributed by atoms with Crippen LogP contribution < -0.4 is 0 Å². The first kappa shape index (κ1) is 7.39. The van der Waals surface area contributed by atoms with Gasteiger partial charge in [0.15, 0.2) is 0 Å². The van der Waals surface area contributed by atoms with E-state index < -0.39 is 10.1 Å². The summed E-state index contributed by atoms with van der Waals surface area (Å²) in [6, 6.07) is 0. The van der Waals surface area contributed by atoms with Crippen molar-refractivity contribution in [2.75, 3.05) is 11.1 Å². The Bertz CT molecular complexity index is 126. The van der Waals surface area contributed by atoms with Crippen LogP contribution in [0.3, 0.4) is 0 Å². The molecule has 0 spiro atoms. The lowest BCUT2D eigenvalue weighted by atomic mass is 11.0. The van der Waals surface area contributed by atoms with Crippen LogP contribution in [-0.2, 0) is 14.7 Å². The number of rotatable bonds is 2. The monoisotopic (exact) mass is 187 g/mol. The third-order valence-electron chi connectivity index (χ3n) is 0.327. The molecule has 0 aromatic heterocycles. The lowest BCUT2D eigenvalue weighted by Crippen LogP contribution is -2.01. The standard InChI is InChI=1S/C2H4BrO3S/c3-1-2-7(4,5)6/h1-2H2. The summed E-state index contributed by atoms with van der Waals surface area (Å²) in [5.74, 6) is -0.326. The zero-order chi connectivity index (χ0) is 5.91. The van der Waals surface area contributed by atoms with E-state index in [1.807, 2.05) is 0 Å². The minimum atomic E-state index is -3.97. The molecule has 0 aromatic carbocycles. The highest BCUT2D eigenvalue weighted by molar-refractivity contribution is 9.09. The van der Waals surface area contributed by atoms with Crippen molar-refractivity contribution in [1.29, 1.82) is 0 Å². The minimum Gasteiger partial charge on any atom is -0.197 e. The lowest BCUT2D eigenvalue weighted by molar-refractivity contribution is 0.416. The highest BCUT2D eigenvalue weighted by Gasteiger charge is 2.02. The second-order valence-electron chi connectivity index (χ2n) is 0.951. The second kappa shape index (κ2) is 2.64. The van der Waals surface area contributed by atoms with Gasteiger partial charge in [-0.3, -0.25) is 0 Å². The average molecular weight is 188 g/mol. The van der Waals surface area contributed by atoms with E-state index in [4.69, 9.17) is 0 Å². The summed E-state index contributed by atoms with van der Waals surface area (Å²) >= 11 is 2.81. The van der Waals surface area contributed by atoms with Gasteiger partial charge in [0.25, 0.3) is 10.1 Å². The van der Waals surface area contributed by atoms with Gasteiger partial charge in [-0.1, -0.05) is 20.5 Å². The molecule has 0 heterocycles. The summed E-state index contributed by atoms with van der Waals surface area (Å²) in [7, 11) is -3.97. The van der Waals surface area contributed by atoms with Crippen molar-refractivity contribution in [3.8, 4) is 0 Å². The summed E-state index contributed by atoms with van der Waals surface area (Å²) in [5.41, 5.74) is 0. The van der Waals surface area contributed by atoms with E-state index in [0.29, 0.717) is 0 Å². The maximum Gasteiger partial charge on any atom is 0.295 e. The Morgan fingerprint density at radius 3 is 1.86 bits per heavy atom. The summed E-state index contributed by atoms with van der Waals surface area (Å²) in [4.78, 5) is 0. The van der Waals surface area contributed by atoms with Crippen molar-refractivity contribution in [2.45, 2.75) is 0 Å². The Hall–Kier alpha value is 0.390. The zero-order valence-electron chi connectivity index (χ0n) is 3.43. The van der Waals surface area contributed by atoms with E-state index in [0.717, 1.165) is 0 Å². The molecule has 0 saturated heterocycles. The third-order valence-corrected chi connectivity index (χ3v) is 1.95. The van der Waals surface area contributed by atoms with E-state index in [2.05, 4.69) is 15.9 Å². The van der Waals surface area contributed by atoms with E-state index in [9.17, 15) is 13.0 Å². The summed E-state index contributed by atoms with van der Waals surface area (Å²) in [5, 5.41) is 0.221. The van der Waals surface area contributed by atoms with Crippen LogP contribution >= 0.6 is 15.9 Å². The SMILES string of the molecule is [O]S(=O)(=O)CCBr. The van der Waals surface area contributed by atoms with E-state index in [1.54, 1.807) is 0 Å². The fourth-order valence-electron chi connectivity index (χ4n) is 0.0945. The summed E-state index contributed by atoms with van der Waals surface area (Å²) in [6.45, 7) is 0. The quantitative estimate of drug-likeness (QED) is 0.578. The molecular formula is C2H4BrO3S. The predicted molar refractivity (Wildman–Crippen MR) is 28.3 cm³/mol. The Kier molecular flexibility index (Phi) is 2.78. The van der Waals surface area contributed by atoms with Crippen LogP contribution in [-0.4, -0.2) is 19.5 Å². The minimum absolute atomic E-state index is 0.221. The first-order valence-corrected chi connectivity index (χ1v) is 4.25. The van der Waals surface area contributed by atoms with Crippen molar-refractivity contribution < 1.29 is 13.0 Å². The topological polar surface area (TPSA) is 54.0 Å².